The van der Waals surface area contributed by atoms with Crippen LogP contribution in [0, 0.1) is 0 Å². The van der Waals surface area contributed by atoms with Gasteiger partial charge in [0, 0.05) is 30.0 Å². The standard InChI is InChI=1S/C13H16BrN5.HI/c1-15-13(18-10-3-4-10)16-6-11-8-19-7-9(14)2-5-12(19)17-11;/h2,5,7-8,10H,3-4,6H2,1H3,(H2,15,16,18);1H. The van der Waals surface area contributed by atoms with Gasteiger partial charge in [-0.1, -0.05) is 0 Å². The minimum Gasteiger partial charge on any atom is -0.354 e. The fourth-order valence-corrected chi connectivity index (χ4v) is 2.25. The summed E-state index contributed by atoms with van der Waals surface area (Å²) in [7, 11) is 1.79. The first kappa shape index (κ1) is 15.6. The summed E-state index contributed by atoms with van der Waals surface area (Å²) in [6.45, 7) is 0.672. The Hall–Kier alpha value is -0.830. The summed E-state index contributed by atoms with van der Waals surface area (Å²) in [6, 6.07) is 4.58. The number of hydrogen-bond acceptors (Lipinski definition) is 2. The van der Waals surface area contributed by atoms with Crippen LogP contribution in [0.15, 0.2) is 34.0 Å². The number of pyridine rings is 1. The van der Waals surface area contributed by atoms with Crippen LogP contribution >= 0.6 is 39.9 Å². The Balaban J connectivity index is 0.00000147. The molecule has 0 saturated heterocycles. The van der Waals surface area contributed by atoms with Gasteiger partial charge in [0.05, 0.1) is 12.2 Å². The average Bonchev–Trinajstić information content (AvgIpc) is 3.13. The van der Waals surface area contributed by atoms with Gasteiger partial charge in [0.25, 0.3) is 0 Å². The summed E-state index contributed by atoms with van der Waals surface area (Å²) < 4.78 is 3.06. The third kappa shape index (κ3) is 3.85. The molecule has 0 unspecified atom stereocenters. The highest BCUT2D eigenvalue weighted by atomic mass is 127. The van der Waals surface area contributed by atoms with Crippen LogP contribution in [0.3, 0.4) is 0 Å². The lowest BCUT2D eigenvalue weighted by Crippen LogP contribution is -2.38. The second kappa shape index (κ2) is 6.75. The Kier molecular flexibility index (Phi) is 5.25. The van der Waals surface area contributed by atoms with Crippen LogP contribution in [-0.2, 0) is 6.54 Å². The summed E-state index contributed by atoms with van der Waals surface area (Å²) in [4.78, 5) is 8.76. The van der Waals surface area contributed by atoms with Crippen molar-refractivity contribution < 1.29 is 0 Å². The zero-order chi connectivity index (χ0) is 13.2. The second-order valence-electron chi connectivity index (χ2n) is 4.69. The maximum Gasteiger partial charge on any atom is 0.191 e. The molecule has 108 valence electrons. The molecule has 0 bridgehead atoms. The fourth-order valence-electron chi connectivity index (χ4n) is 1.89. The van der Waals surface area contributed by atoms with Crippen molar-refractivity contribution in [2.75, 3.05) is 7.05 Å². The van der Waals surface area contributed by atoms with Crippen LogP contribution in [0.1, 0.15) is 18.5 Å². The predicted molar refractivity (Wildman–Crippen MR) is 94.7 cm³/mol. The van der Waals surface area contributed by atoms with E-state index in [9.17, 15) is 0 Å². The maximum atomic E-state index is 4.55. The van der Waals surface area contributed by atoms with E-state index in [4.69, 9.17) is 0 Å². The van der Waals surface area contributed by atoms with Crippen molar-refractivity contribution in [3.05, 3.63) is 34.7 Å². The summed E-state index contributed by atoms with van der Waals surface area (Å²) in [5.74, 6) is 0.848. The van der Waals surface area contributed by atoms with Crippen LogP contribution in [-0.4, -0.2) is 28.4 Å². The van der Waals surface area contributed by atoms with Crippen molar-refractivity contribution in [2.24, 2.45) is 4.99 Å². The molecular weight excluding hydrogens is 433 g/mol. The van der Waals surface area contributed by atoms with Crippen molar-refractivity contribution in [2.45, 2.75) is 25.4 Å². The first-order valence-electron chi connectivity index (χ1n) is 6.35. The lowest BCUT2D eigenvalue weighted by atomic mass is 10.5. The molecule has 1 fully saturated rings. The Bertz CT molecular complexity index is 620. The number of hydrogen-bond donors (Lipinski definition) is 2. The van der Waals surface area contributed by atoms with Gasteiger partial charge >= 0.3 is 0 Å². The topological polar surface area (TPSA) is 53.7 Å². The highest BCUT2D eigenvalue weighted by molar-refractivity contribution is 14.0. The number of guanidine groups is 1. The Labute approximate surface area is 143 Å². The molecule has 1 saturated carbocycles. The van der Waals surface area contributed by atoms with Gasteiger partial charge in [-0.25, -0.2) is 4.98 Å². The van der Waals surface area contributed by atoms with Gasteiger partial charge in [-0.3, -0.25) is 4.99 Å². The Morgan fingerprint density at radius 2 is 2.25 bits per heavy atom. The van der Waals surface area contributed by atoms with E-state index in [-0.39, 0.29) is 24.0 Å². The molecule has 1 aliphatic carbocycles. The maximum absolute atomic E-state index is 4.55. The zero-order valence-electron chi connectivity index (χ0n) is 11.1. The first-order valence-corrected chi connectivity index (χ1v) is 7.14. The van der Waals surface area contributed by atoms with Crippen molar-refractivity contribution in [1.82, 2.24) is 20.0 Å². The predicted octanol–water partition coefficient (Wildman–Crippen LogP) is 2.54. The molecule has 1 aliphatic rings. The molecular formula is C13H17BrIN5. The third-order valence-electron chi connectivity index (χ3n) is 3.04. The highest BCUT2D eigenvalue weighted by Crippen LogP contribution is 2.18. The molecule has 0 radical (unpaired) electrons. The molecule has 3 rings (SSSR count). The van der Waals surface area contributed by atoms with Crippen LogP contribution in [0.2, 0.25) is 0 Å². The number of rotatable bonds is 3. The van der Waals surface area contributed by atoms with E-state index in [1.54, 1.807) is 7.05 Å². The van der Waals surface area contributed by atoms with Gasteiger partial charge in [0.1, 0.15) is 5.65 Å². The number of nitrogens with one attached hydrogen (secondary N) is 2. The highest BCUT2D eigenvalue weighted by Gasteiger charge is 2.22. The van der Waals surface area contributed by atoms with Crippen molar-refractivity contribution in [3.8, 4) is 0 Å². The smallest absolute Gasteiger partial charge is 0.191 e. The lowest BCUT2D eigenvalue weighted by molar-refractivity contribution is 0.795. The molecule has 0 amide bonds. The van der Waals surface area contributed by atoms with E-state index in [0.717, 1.165) is 21.8 Å². The van der Waals surface area contributed by atoms with Gasteiger partial charge in [-0.05, 0) is 40.9 Å². The molecule has 2 aromatic rings. The molecule has 0 spiro atoms. The van der Waals surface area contributed by atoms with E-state index >= 15 is 0 Å². The van der Waals surface area contributed by atoms with Gasteiger partial charge in [0.2, 0.25) is 0 Å². The summed E-state index contributed by atoms with van der Waals surface area (Å²) in [6.07, 6.45) is 6.51. The van der Waals surface area contributed by atoms with Crippen LogP contribution < -0.4 is 10.6 Å². The number of aliphatic imine (C=N–C) groups is 1. The Morgan fingerprint density at radius 3 is 2.95 bits per heavy atom. The zero-order valence-corrected chi connectivity index (χ0v) is 15.1. The van der Waals surface area contributed by atoms with Gasteiger partial charge < -0.3 is 15.0 Å². The van der Waals surface area contributed by atoms with E-state index < -0.39 is 0 Å². The molecule has 2 heterocycles. The SMILES string of the molecule is CN=C(NCc1cn2cc(Br)ccc2n1)NC1CC1.I. The number of aromatic nitrogens is 2. The lowest BCUT2D eigenvalue weighted by Gasteiger charge is -2.09. The largest absolute Gasteiger partial charge is 0.354 e. The molecule has 0 aliphatic heterocycles. The molecule has 2 N–H and O–H groups in total. The molecule has 20 heavy (non-hydrogen) atoms. The van der Waals surface area contributed by atoms with Crippen molar-refractivity contribution in [1.29, 1.82) is 0 Å². The second-order valence-corrected chi connectivity index (χ2v) is 5.61. The first-order chi connectivity index (χ1) is 9.24. The van der Waals surface area contributed by atoms with Crippen LogP contribution in [0.25, 0.3) is 5.65 Å². The van der Waals surface area contributed by atoms with Crippen molar-refractivity contribution in [3.63, 3.8) is 0 Å². The quantitative estimate of drug-likeness (QED) is 0.430. The summed E-state index contributed by atoms with van der Waals surface area (Å²) >= 11 is 3.46. The fraction of sp³-hybridized carbons (Fsp3) is 0.385. The summed E-state index contributed by atoms with van der Waals surface area (Å²) in [5.41, 5.74) is 1.95. The number of nitrogens with zero attached hydrogens (tertiary/aromatic N) is 3. The minimum atomic E-state index is 0. The Morgan fingerprint density at radius 1 is 1.45 bits per heavy atom. The molecule has 0 aromatic carbocycles. The van der Waals surface area contributed by atoms with E-state index in [1.165, 1.54) is 12.8 Å². The summed E-state index contributed by atoms with van der Waals surface area (Å²) in [5, 5.41) is 6.63. The van der Waals surface area contributed by atoms with E-state index in [2.05, 4.69) is 36.5 Å². The number of halogens is 2. The normalized spacial score (nSPS) is 15.0. The number of fused-ring (bicyclic) bond motifs is 1. The molecule has 7 heteroatoms. The van der Waals surface area contributed by atoms with E-state index in [1.807, 2.05) is 28.9 Å². The minimum absolute atomic E-state index is 0. The molecule has 5 nitrogen and oxygen atoms in total. The van der Waals surface area contributed by atoms with Gasteiger partial charge in [0.15, 0.2) is 5.96 Å². The third-order valence-corrected chi connectivity index (χ3v) is 3.51. The average molecular weight is 450 g/mol. The number of imidazole rings is 1. The van der Waals surface area contributed by atoms with Gasteiger partial charge in [-0.2, -0.15) is 0 Å². The van der Waals surface area contributed by atoms with Gasteiger partial charge in [-0.15, -0.1) is 24.0 Å². The van der Waals surface area contributed by atoms with Crippen molar-refractivity contribution >= 4 is 51.5 Å². The molecule has 2 aromatic heterocycles. The van der Waals surface area contributed by atoms with E-state index in [0.29, 0.717) is 12.6 Å². The van der Waals surface area contributed by atoms with Crippen LogP contribution in [0.5, 0.6) is 0 Å². The monoisotopic (exact) mass is 449 g/mol. The molecule has 0 atom stereocenters. The van der Waals surface area contributed by atoms with Crippen LogP contribution in [0.4, 0.5) is 0 Å².